The number of nitrogens with one attached hydrogen (secondary N) is 1. The van der Waals surface area contributed by atoms with E-state index in [4.69, 9.17) is 4.74 Å². The highest BCUT2D eigenvalue weighted by molar-refractivity contribution is 5.66. The lowest BCUT2D eigenvalue weighted by molar-refractivity contribution is 0.147. The summed E-state index contributed by atoms with van der Waals surface area (Å²) in [5.74, 6) is 1.85. The average Bonchev–Trinajstić information content (AvgIpc) is 2.72. The number of imidazole rings is 1. The minimum atomic E-state index is 0.773. The summed E-state index contributed by atoms with van der Waals surface area (Å²) in [5, 5.41) is 3.31. The molecule has 5 nitrogen and oxygen atoms in total. The molecule has 0 atom stereocenters. The fourth-order valence-corrected chi connectivity index (χ4v) is 1.72. The Labute approximate surface area is 101 Å². The molecular weight excluding hydrogens is 216 g/mol. The van der Waals surface area contributed by atoms with Crippen LogP contribution in [-0.4, -0.2) is 34.1 Å². The summed E-state index contributed by atoms with van der Waals surface area (Å²) < 4.78 is 7.31. The van der Waals surface area contributed by atoms with Gasteiger partial charge >= 0.3 is 0 Å². The van der Waals surface area contributed by atoms with E-state index in [-0.39, 0.29) is 0 Å². The van der Waals surface area contributed by atoms with E-state index in [2.05, 4.69) is 15.3 Å². The summed E-state index contributed by atoms with van der Waals surface area (Å²) in [6.07, 6.45) is 6.52. The maximum absolute atomic E-state index is 5.29. The molecule has 0 bridgehead atoms. The molecule has 0 aliphatic heterocycles. The van der Waals surface area contributed by atoms with Crippen LogP contribution in [-0.2, 0) is 4.74 Å². The largest absolute Gasteiger partial charge is 0.382 e. The third-order valence-electron chi connectivity index (χ3n) is 2.61. The zero-order chi connectivity index (χ0) is 12.1. The standard InChI is InChI=1S/C12H18N4O/c1-3-17-8-4-5-13-12-11-9-15-10(2)16(11)7-6-14-12/h6-7,9H,3-5,8H2,1-2H3,(H,13,14). The van der Waals surface area contributed by atoms with Crippen LogP contribution in [0.5, 0.6) is 0 Å². The average molecular weight is 234 g/mol. The molecule has 0 fully saturated rings. The van der Waals surface area contributed by atoms with Crippen LogP contribution >= 0.6 is 0 Å². The molecule has 17 heavy (non-hydrogen) atoms. The first-order valence-electron chi connectivity index (χ1n) is 5.93. The predicted octanol–water partition coefficient (Wildman–Crippen LogP) is 1.88. The highest BCUT2D eigenvalue weighted by atomic mass is 16.5. The maximum atomic E-state index is 5.29. The molecule has 0 aliphatic rings. The normalized spacial score (nSPS) is 10.9. The van der Waals surface area contributed by atoms with Crippen molar-refractivity contribution in [3.63, 3.8) is 0 Å². The highest BCUT2D eigenvalue weighted by Crippen LogP contribution is 2.14. The molecule has 92 valence electrons. The lowest BCUT2D eigenvalue weighted by atomic mass is 10.4. The lowest BCUT2D eigenvalue weighted by Crippen LogP contribution is -2.08. The fourth-order valence-electron chi connectivity index (χ4n) is 1.72. The molecule has 0 unspecified atom stereocenters. The van der Waals surface area contributed by atoms with Crippen molar-refractivity contribution in [3.8, 4) is 0 Å². The molecule has 2 rings (SSSR count). The van der Waals surface area contributed by atoms with Crippen molar-refractivity contribution in [2.24, 2.45) is 0 Å². The van der Waals surface area contributed by atoms with Crippen molar-refractivity contribution < 1.29 is 4.74 Å². The molecule has 1 N–H and O–H groups in total. The molecule has 0 saturated heterocycles. The van der Waals surface area contributed by atoms with Gasteiger partial charge in [-0.15, -0.1) is 0 Å². The molecule has 2 heterocycles. The SMILES string of the molecule is CCOCCCNc1nccn2c(C)ncc12. The van der Waals surface area contributed by atoms with Crippen LogP contribution in [0.15, 0.2) is 18.6 Å². The maximum Gasteiger partial charge on any atom is 0.151 e. The second kappa shape index (κ2) is 5.63. The Bertz CT molecular complexity index is 480. The first kappa shape index (κ1) is 11.9. The Balaban J connectivity index is 1.99. The lowest BCUT2D eigenvalue weighted by Gasteiger charge is -2.07. The van der Waals surface area contributed by atoms with Crippen molar-refractivity contribution in [3.05, 3.63) is 24.4 Å². The zero-order valence-corrected chi connectivity index (χ0v) is 10.3. The molecule has 0 aliphatic carbocycles. The summed E-state index contributed by atoms with van der Waals surface area (Å²) in [7, 11) is 0. The first-order chi connectivity index (χ1) is 8.33. The second-order valence-corrected chi connectivity index (χ2v) is 3.81. The quantitative estimate of drug-likeness (QED) is 0.775. The highest BCUT2D eigenvalue weighted by Gasteiger charge is 2.04. The van der Waals surface area contributed by atoms with Crippen LogP contribution in [0.1, 0.15) is 19.2 Å². The summed E-state index contributed by atoms with van der Waals surface area (Å²) in [6, 6.07) is 0. The van der Waals surface area contributed by atoms with Gasteiger partial charge in [0.1, 0.15) is 11.3 Å². The van der Waals surface area contributed by atoms with Crippen molar-refractivity contribution in [2.45, 2.75) is 20.3 Å². The summed E-state index contributed by atoms with van der Waals surface area (Å²) in [5.41, 5.74) is 1.02. The van der Waals surface area contributed by atoms with Gasteiger partial charge in [0.05, 0.1) is 6.20 Å². The number of nitrogens with zero attached hydrogens (tertiary/aromatic N) is 3. The van der Waals surface area contributed by atoms with Crippen LogP contribution in [0.25, 0.3) is 5.52 Å². The van der Waals surface area contributed by atoms with E-state index >= 15 is 0 Å². The number of aromatic nitrogens is 3. The van der Waals surface area contributed by atoms with Crippen molar-refractivity contribution in [2.75, 3.05) is 25.1 Å². The van der Waals surface area contributed by atoms with Gasteiger partial charge in [-0.05, 0) is 20.3 Å². The van der Waals surface area contributed by atoms with E-state index in [9.17, 15) is 0 Å². The third-order valence-corrected chi connectivity index (χ3v) is 2.61. The van der Waals surface area contributed by atoms with Gasteiger partial charge in [0.2, 0.25) is 0 Å². The van der Waals surface area contributed by atoms with Crippen LogP contribution in [0.2, 0.25) is 0 Å². The minimum Gasteiger partial charge on any atom is -0.382 e. The van der Waals surface area contributed by atoms with E-state index in [1.54, 1.807) is 6.20 Å². The van der Waals surface area contributed by atoms with E-state index in [0.29, 0.717) is 0 Å². The summed E-state index contributed by atoms with van der Waals surface area (Å²) >= 11 is 0. The topological polar surface area (TPSA) is 51.5 Å². The Morgan fingerprint density at radius 1 is 1.41 bits per heavy atom. The van der Waals surface area contributed by atoms with Crippen molar-refractivity contribution in [1.82, 2.24) is 14.4 Å². The van der Waals surface area contributed by atoms with Gasteiger partial charge in [-0.25, -0.2) is 9.97 Å². The molecule has 2 aromatic rings. The predicted molar refractivity (Wildman–Crippen MR) is 67.3 cm³/mol. The molecular formula is C12H18N4O. The van der Waals surface area contributed by atoms with E-state index in [0.717, 1.165) is 43.3 Å². The van der Waals surface area contributed by atoms with Gasteiger partial charge in [0.15, 0.2) is 5.82 Å². The van der Waals surface area contributed by atoms with E-state index in [1.165, 1.54) is 0 Å². The smallest absolute Gasteiger partial charge is 0.151 e. The molecule has 2 aromatic heterocycles. The van der Waals surface area contributed by atoms with Gasteiger partial charge in [-0.3, -0.25) is 4.40 Å². The van der Waals surface area contributed by atoms with Crippen molar-refractivity contribution >= 4 is 11.3 Å². The van der Waals surface area contributed by atoms with Crippen LogP contribution in [0.4, 0.5) is 5.82 Å². The fraction of sp³-hybridized carbons (Fsp3) is 0.500. The first-order valence-corrected chi connectivity index (χ1v) is 5.93. The Kier molecular flexibility index (Phi) is 3.93. The number of ether oxygens (including phenoxy) is 1. The molecule has 0 aromatic carbocycles. The molecule has 0 spiro atoms. The minimum absolute atomic E-state index is 0.773. The number of hydrogen-bond donors (Lipinski definition) is 1. The molecule has 0 saturated carbocycles. The monoisotopic (exact) mass is 234 g/mol. The van der Waals surface area contributed by atoms with Gasteiger partial charge in [0.25, 0.3) is 0 Å². The number of rotatable bonds is 6. The molecule has 5 heteroatoms. The van der Waals surface area contributed by atoms with E-state index in [1.807, 2.05) is 30.6 Å². The van der Waals surface area contributed by atoms with Crippen LogP contribution in [0.3, 0.4) is 0 Å². The van der Waals surface area contributed by atoms with Crippen LogP contribution < -0.4 is 5.32 Å². The third kappa shape index (κ3) is 2.74. The Morgan fingerprint density at radius 2 is 2.29 bits per heavy atom. The van der Waals surface area contributed by atoms with Gasteiger partial charge in [-0.1, -0.05) is 0 Å². The summed E-state index contributed by atoms with van der Waals surface area (Å²) in [6.45, 7) is 6.40. The van der Waals surface area contributed by atoms with Gasteiger partial charge in [-0.2, -0.15) is 0 Å². The molecule has 0 amide bonds. The van der Waals surface area contributed by atoms with E-state index < -0.39 is 0 Å². The Morgan fingerprint density at radius 3 is 3.12 bits per heavy atom. The van der Waals surface area contributed by atoms with Crippen LogP contribution in [0, 0.1) is 6.92 Å². The number of anilines is 1. The zero-order valence-electron chi connectivity index (χ0n) is 10.3. The summed E-state index contributed by atoms with van der Waals surface area (Å²) in [4.78, 5) is 8.60. The van der Waals surface area contributed by atoms with Crippen molar-refractivity contribution in [1.29, 1.82) is 0 Å². The number of fused-ring (bicyclic) bond motifs is 1. The molecule has 0 radical (unpaired) electrons. The number of aryl methyl sites for hydroxylation is 1. The van der Waals surface area contributed by atoms with Gasteiger partial charge in [0, 0.05) is 32.2 Å². The number of hydrogen-bond acceptors (Lipinski definition) is 4. The second-order valence-electron chi connectivity index (χ2n) is 3.81. The van der Waals surface area contributed by atoms with Gasteiger partial charge < -0.3 is 10.1 Å². The Hall–Kier alpha value is -1.62.